The van der Waals surface area contributed by atoms with Crippen molar-refractivity contribution in [2.75, 3.05) is 11.9 Å². The van der Waals surface area contributed by atoms with Crippen LogP contribution in [0.3, 0.4) is 0 Å². The minimum absolute atomic E-state index is 0.0473. The summed E-state index contributed by atoms with van der Waals surface area (Å²) in [6.07, 6.45) is 0. The van der Waals surface area contributed by atoms with Gasteiger partial charge in [0.2, 0.25) is 0 Å². The molecule has 0 spiro atoms. The summed E-state index contributed by atoms with van der Waals surface area (Å²) in [5, 5.41) is 6.37. The van der Waals surface area contributed by atoms with Gasteiger partial charge in [0.15, 0.2) is 0 Å². The summed E-state index contributed by atoms with van der Waals surface area (Å²) < 4.78 is 2.19. The van der Waals surface area contributed by atoms with E-state index in [0.29, 0.717) is 6.04 Å². The van der Waals surface area contributed by atoms with E-state index in [9.17, 15) is 4.79 Å². The zero-order chi connectivity index (χ0) is 17.0. The third-order valence-corrected chi connectivity index (χ3v) is 4.08. The van der Waals surface area contributed by atoms with Crippen molar-refractivity contribution in [3.8, 4) is 0 Å². The first-order valence-electron chi connectivity index (χ1n) is 8.24. The molecule has 124 valence electrons. The highest BCUT2D eigenvalue weighted by Gasteiger charge is 2.17. The minimum Gasteiger partial charge on any atom is -0.346 e. The van der Waals surface area contributed by atoms with Gasteiger partial charge in [-0.05, 0) is 51.9 Å². The van der Waals surface area contributed by atoms with Gasteiger partial charge < -0.3 is 15.2 Å². The molecule has 0 unspecified atom stereocenters. The number of carbonyl (C=O) groups excluding carboxylic acids is 1. The van der Waals surface area contributed by atoms with Gasteiger partial charge in [0.1, 0.15) is 0 Å². The second-order valence-electron chi connectivity index (χ2n) is 6.14. The molecule has 23 heavy (non-hydrogen) atoms. The Bertz CT molecular complexity index is 686. The summed E-state index contributed by atoms with van der Waals surface area (Å²) in [5.41, 5.74) is 4.84. The number of rotatable bonds is 6. The standard InChI is InChI=1S/C19H27N3O/c1-6-20-12-16-9-7-8-10-18(16)21-19(23)17-11-14(4)22(13(2)3)15(17)5/h7-11,13,20H,6,12H2,1-5H3,(H,21,23). The Hall–Kier alpha value is -2.07. The smallest absolute Gasteiger partial charge is 0.257 e. The number of carbonyl (C=O) groups is 1. The molecule has 1 heterocycles. The summed E-state index contributed by atoms with van der Waals surface area (Å²) in [5.74, 6) is -0.0473. The Kier molecular flexibility index (Phi) is 5.61. The Morgan fingerprint density at radius 3 is 2.52 bits per heavy atom. The zero-order valence-corrected chi connectivity index (χ0v) is 14.7. The quantitative estimate of drug-likeness (QED) is 0.845. The first-order chi connectivity index (χ1) is 11.0. The lowest BCUT2D eigenvalue weighted by Gasteiger charge is -2.14. The fourth-order valence-corrected chi connectivity index (χ4v) is 3.05. The van der Waals surface area contributed by atoms with Crippen molar-refractivity contribution >= 4 is 11.6 Å². The predicted molar refractivity (Wildman–Crippen MR) is 96.1 cm³/mol. The van der Waals surface area contributed by atoms with Gasteiger partial charge in [0.25, 0.3) is 5.91 Å². The van der Waals surface area contributed by atoms with Crippen LogP contribution in [0.4, 0.5) is 5.69 Å². The maximum absolute atomic E-state index is 12.7. The number of hydrogen-bond donors (Lipinski definition) is 2. The van der Waals surface area contributed by atoms with Crippen molar-refractivity contribution in [3.05, 3.63) is 52.8 Å². The first kappa shape index (κ1) is 17.3. The number of benzene rings is 1. The second kappa shape index (κ2) is 7.47. The average molecular weight is 313 g/mol. The van der Waals surface area contributed by atoms with E-state index in [1.54, 1.807) is 0 Å². The van der Waals surface area contributed by atoms with Crippen LogP contribution in [0.15, 0.2) is 30.3 Å². The zero-order valence-electron chi connectivity index (χ0n) is 14.7. The molecule has 4 heteroatoms. The number of nitrogens with one attached hydrogen (secondary N) is 2. The van der Waals surface area contributed by atoms with Crippen LogP contribution in [0.2, 0.25) is 0 Å². The fraction of sp³-hybridized carbons (Fsp3) is 0.421. The van der Waals surface area contributed by atoms with E-state index in [-0.39, 0.29) is 5.91 Å². The Morgan fingerprint density at radius 2 is 1.91 bits per heavy atom. The van der Waals surface area contributed by atoms with Crippen molar-refractivity contribution in [3.63, 3.8) is 0 Å². The highest BCUT2D eigenvalue weighted by molar-refractivity contribution is 6.05. The van der Waals surface area contributed by atoms with Crippen molar-refractivity contribution in [1.82, 2.24) is 9.88 Å². The van der Waals surface area contributed by atoms with Crippen LogP contribution in [-0.2, 0) is 6.54 Å². The Balaban J connectivity index is 2.25. The molecule has 0 bridgehead atoms. The highest BCUT2D eigenvalue weighted by Crippen LogP contribution is 2.22. The summed E-state index contributed by atoms with van der Waals surface area (Å²) in [6.45, 7) is 12.0. The molecule has 0 atom stereocenters. The monoisotopic (exact) mass is 313 g/mol. The molecule has 1 aromatic heterocycles. The number of para-hydroxylation sites is 1. The van der Waals surface area contributed by atoms with Gasteiger partial charge in [-0.15, -0.1) is 0 Å². The molecule has 0 saturated carbocycles. The van der Waals surface area contributed by atoms with E-state index in [2.05, 4.69) is 36.0 Å². The molecule has 0 fully saturated rings. The summed E-state index contributed by atoms with van der Waals surface area (Å²) in [6, 6.07) is 10.2. The molecule has 0 aliphatic heterocycles. The van der Waals surface area contributed by atoms with E-state index in [0.717, 1.165) is 41.3 Å². The molecule has 1 aromatic carbocycles. The van der Waals surface area contributed by atoms with Gasteiger partial charge in [-0.2, -0.15) is 0 Å². The van der Waals surface area contributed by atoms with E-state index >= 15 is 0 Å². The highest BCUT2D eigenvalue weighted by atomic mass is 16.1. The molecule has 0 aliphatic rings. The minimum atomic E-state index is -0.0473. The number of nitrogens with zero attached hydrogens (tertiary/aromatic N) is 1. The molecule has 2 N–H and O–H groups in total. The average Bonchev–Trinajstić information content (AvgIpc) is 2.81. The SMILES string of the molecule is CCNCc1ccccc1NC(=O)c1cc(C)n(C(C)C)c1C. The molecule has 2 aromatic rings. The number of amides is 1. The van der Waals surface area contributed by atoms with Crippen LogP contribution in [0.25, 0.3) is 0 Å². The molecule has 1 amide bonds. The topological polar surface area (TPSA) is 46.1 Å². The van der Waals surface area contributed by atoms with Gasteiger partial charge in [0.05, 0.1) is 5.56 Å². The molecule has 0 saturated heterocycles. The van der Waals surface area contributed by atoms with Gasteiger partial charge in [-0.25, -0.2) is 0 Å². The van der Waals surface area contributed by atoms with E-state index < -0.39 is 0 Å². The number of anilines is 1. The van der Waals surface area contributed by atoms with Crippen molar-refractivity contribution in [2.45, 2.75) is 47.2 Å². The van der Waals surface area contributed by atoms with Gasteiger partial charge in [-0.1, -0.05) is 25.1 Å². The van der Waals surface area contributed by atoms with Gasteiger partial charge >= 0.3 is 0 Å². The third kappa shape index (κ3) is 3.82. The number of hydrogen-bond acceptors (Lipinski definition) is 2. The maximum Gasteiger partial charge on any atom is 0.257 e. The largest absolute Gasteiger partial charge is 0.346 e. The summed E-state index contributed by atoms with van der Waals surface area (Å²) in [7, 11) is 0. The van der Waals surface area contributed by atoms with Crippen LogP contribution < -0.4 is 10.6 Å². The van der Waals surface area contributed by atoms with E-state index in [1.165, 1.54) is 0 Å². The molecule has 0 radical (unpaired) electrons. The summed E-state index contributed by atoms with van der Waals surface area (Å²) in [4.78, 5) is 12.7. The van der Waals surface area contributed by atoms with Crippen molar-refractivity contribution in [1.29, 1.82) is 0 Å². The van der Waals surface area contributed by atoms with Crippen LogP contribution in [0, 0.1) is 13.8 Å². The van der Waals surface area contributed by atoms with Crippen molar-refractivity contribution < 1.29 is 4.79 Å². The maximum atomic E-state index is 12.7. The molecule has 0 aliphatic carbocycles. The fourth-order valence-electron chi connectivity index (χ4n) is 3.05. The lowest BCUT2D eigenvalue weighted by atomic mass is 10.1. The molecule has 2 rings (SSSR count). The van der Waals surface area contributed by atoms with Gasteiger partial charge in [-0.3, -0.25) is 4.79 Å². The third-order valence-electron chi connectivity index (χ3n) is 4.08. The molecular weight excluding hydrogens is 286 g/mol. The Morgan fingerprint density at radius 1 is 1.22 bits per heavy atom. The number of aromatic nitrogens is 1. The van der Waals surface area contributed by atoms with Crippen LogP contribution in [-0.4, -0.2) is 17.0 Å². The Labute approximate surface area is 138 Å². The van der Waals surface area contributed by atoms with E-state index in [1.807, 2.05) is 44.2 Å². The van der Waals surface area contributed by atoms with Gasteiger partial charge in [0, 0.05) is 29.7 Å². The lowest BCUT2D eigenvalue weighted by Crippen LogP contribution is -2.17. The lowest BCUT2D eigenvalue weighted by molar-refractivity contribution is 0.102. The molecule has 4 nitrogen and oxygen atoms in total. The first-order valence-corrected chi connectivity index (χ1v) is 8.24. The van der Waals surface area contributed by atoms with E-state index in [4.69, 9.17) is 0 Å². The summed E-state index contributed by atoms with van der Waals surface area (Å²) >= 11 is 0. The second-order valence-corrected chi connectivity index (χ2v) is 6.14. The normalized spacial score (nSPS) is 11.0. The van der Waals surface area contributed by atoms with Crippen molar-refractivity contribution in [2.24, 2.45) is 0 Å². The van der Waals surface area contributed by atoms with Crippen LogP contribution in [0.1, 0.15) is 54.1 Å². The predicted octanol–water partition coefficient (Wildman–Crippen LogP) is 4.05. The molecular formula is C19H27N3O. The number of aryl methyl sites for hydroxylation is 1. The van der Waals surface area contributed by atoms with Crippen LogP contribution in [0.5, 0.6) is 0 Å². The van der Waals surface area contributed by atoms with Crippen LogP contribution >= 0.6 is 0 Å².